The van der Waals surface area contributed by atoms with Crippen molar-refractivity contribution in [2.24, 2.45) is 4.99 Å². The summed E-state index contributed by atoms with van der Waals surface area (Å²) in [6, 6.07) is 10.6. The highest BCUT2D eigenvalue weighted by atomic mass is 127. The van der Waals surface area contributed by atoms with Gasteiger partial charge in [-0.3, -0.25) is 4.99 Å². The van der Waals surface area contributed by atoms with Crippen molar-refractivity contribution in [2.75, 3.05) is 26.2 Å². The zero-order valence-electron chi connectivity index (χ0n) is 17.7. The van der Waals surface area contributed by atoms with Gasteiger partial charge < -0.3 is 14.8 Å². The minimum atomic E-state index is 0. The molecule has 3 rings (SSSR count). The van der Waals surface area contributed by atoms with Gasteiger partial charge in [0, 0.05) is 45.1 Å². The van der Waals surface area contributed by atoms with Gasteiger partial charge in [0.2, 0.25) is 0 Å². The fourth-order valence-corrected chi connectivity index (χ4v) is 3.58. The smallest absolute Gasteiger partial charge is 0.193 e. The van der Waals surface area contributed by atoms with Gasteiger partial charge in [0.05, 0.1) is 0 Å². The second-order valence-corrected chi connectivity index (χ2v) is 7.31. The number of unbranched alkanes of at least 4 members (excludes halogenated alkanes) is 1. The van der Waals surface area contributed by atoms with E-state index >= 15 is 0 Å². The van der Waals surface area contributed by atoms with E-state index in [-0.39, 0.29) is 24.0 Å². The third-order valence-electron chi connectivity index (χ3n) is 5.20. The van der Waals surface area contributed by atoms with Gasteiger partial charge in [-0.05, 0) is 45.1 Å². The van der Waals surface area contributed by atoms with Crippen molar-refractivity contribution in [3.05, 3.63) is 59.7 Å². The number of halogens is 1. The van der Waals surface area contributed by atoms with E-state index in [0.29, 0.717) is 0 Å². The van der Waals surface area contributed by atoms with E-state index in [0.717, 1.165) is 70.2 Å². The number of hydrogen-bond acceptors (Lipinski definition) is 2. The average molecular weight is 507 g/mol. The molecule has 1 aromatic heterocycles. The molecule has 2 heterocycles. The summed E-state index contributed by atoms with van der Waals surface area (Å²) < 4.78 is 2.21. The van der Waals surface area contributed by atoms with Crippen LogP contribution in [0.4, 0.5) is 0 Å². The van der Waals surface area contributed by atoms with Crippen molar-refractivity contribution in [3.63, 3.8) is 0 Å². The number of benzene rings is 1. The molecule has 1 aliphatic rings. The lowest BCUT2D eigenvalue weighted by Crippen LogP contribution is -2.44. The van der Waals surface area contributed by atoms with E-state index in [4.69, 9.17) is 4.99 Å². The van der Waals surface area contributed by atoms with E-state index in [1.165, 1.54) is 11.1 Å². The summed E-state index contributed by atoms with van der Waals surface area (Å²) in [6.45, 7) is 9.09. The molecule has 0 atom stereocenters. The summed E-state index contributed by atoms with van der Waals surface area (Å²) >= 11 is 0. The molecule has 1 aromatic carbocycles. The molecule has 6 heteroatoms. The number of imidazole rings is 1. The predicted molar refractivity (Wildman–Crippen MR) is 133 cm³/mol. The molecule has 0 amide bonds. The maximum atomic E-state index is 4.87. The topological polar surface area (TPSA) is 45.5 Å². The Morgan fingerprint density at radius 1 is 1.17 bits per heavy atom. The molecule has 0 unspecified atom stereocenters. The molecule has 0 spiro atoms. The standard InChI is InChI=1S/C23H33N5.HI/c1-3-24-23(26-13-7-8-15-27-18-14-25-20(27)2)28-16-11-22(12-17-28)19-21-9-5-4-6-10-21;/h4-6,9-10,14,18-19H,3,7-8,11-13,15-17H2,1-2H3,(H,24,26);1H. The van der Waals surface area contributed by atoms with Gasteiger partial charge in [0.25, 0.3) is 0 Å². The summed E-state index contributed by atoms with van der Waals surface area (Å²) in [7, 11) is 0. The second kappa shape index (κ2) is 12.7. The van der Waals surface area contributed by atoms with Crippen molar-refractivity contribution in [1.82, 2.24) is 19.8 Å². The van der Waals surface area contributed by atoms with Crippen LogP contribution in [0.2, 0.25) is 0 Å². The van der Waals surface area contributed by atoms with Gasteiger partial charge in [0.1, 0.15) is 5.82 Å². The lowest BCUT2D eigenvalue weighted by molar-refractivity contribution is 0.375. The summed E-state index contributed by atoms with van der Waals surface area (Å²) in [6.07, 6.45) is 10.7. The predicted octanol–water partition coefficient (Wildman–Crippen LogP) is 4.73. The number of guanidine groups is 1. The van der Waals surface area contributed by atoms with E-state index in [1.54, 1.807) is 0 Å². The van der Waals surface area contributed by atoms with Crippen molar-refractivity contribution < 1.29 is 0 Å². The first-order valence-electron chi connectivity index (χ1n) is 10.5. The van der Waals surface area contributed by atoms with Gasteiger partial charge in [-0.25, -0.2) is 4.98 Å². The zero-order valence-corrected chi connectivity index (χ0v) is 20.0. The molecule has 0 aliphatic carbocycles. The van der Waals surface area contributed by atoms with Crippen LogP contribution in [0.25, 0.3) is 6.08 Å². The lowest BCUT2D eigenvalue weighted by atomic mass is 10.0. The van der Waals surface area contributed by atoms with Crippen LogP contribution in [-0.2, 0) is 6.54 Å². The highest BCUT2D eigenvalue weighted by Crippen LogP contribution is 2.19. The lowest BCUT2D eigenvalue weighted by Gasteiger charge is -2.31. The third-order valence-corrected chi connectivity index (χ3v) is 5.20. The third kappa shape index (κ3) is 7.49. The SMILES string of the molecule is CCNC(=NCCCCn1ccnc1C)N1CCC(=Cc2ccccc2)CC1.I. The first-order valence-corrected chi connectivity index (χ1v) is 10.5. The minimum absolute atomic E-state index is 0. The molecular formula is C23H34IN5. The van der Waals surface area contributed by atoms with Crippen LogP contribution >= 0.6 is 24.0 Å². The van der Waals surface area contributed by atoms with Crippen molar-refractivity contribution in [1.29, 1.82) is 0 Å². The number of likely N-dealkylation sites (tertiary alicyclic amines) is 1. The molecule has 1 saturated heterocycles. The average Bonchev–Trinajstić information content (AvgIpc) is 3.13. The van der Waals surface area contributed by atoms with Crippen molar-refractivity contribution >= 4 is 36.0 Å². The molecule has 29 heavy (non-hydrogen) atoms. The molecule has 2 aromatic rings. The number of nitrogens with zero attached hydrogens (tertiary/aromatic N) is 4. The zero-order chi connectivity index (χ0) is 19.6. The molecular weight excluding hydrogens is 473 g/mol. The number of piperidine rings is 1. The normalized spacial score (nSPS) is 14.5. The molecule has 0 saturated carbocycles. The van der Waals surface area contributed by atoms with Crippen LogP contribution in [0, 0.1) is 6.92 Å². The Kier molecular flexibility index (Phi) is 10.2. The summed E-state index contributed by atoms with van der Waals surface area (Å²) in [5, 5.41) is 3.47. The van der Waals surface area contributed by atoms with Crippen molar-refractivity contribution in [3.8, 4) is 0 Å². The Morgan fingerprint density at radius 2 is 1.93 bits per heavy atom. The van der Waals surface area contributed by atoms with Crippen LogP contribution < -0.4 is 5.32 Å². The van der Waals surface area contributed by atoms with Crippen LogP contribution in [0.15, 0.2) is 53.3 Å². The van der Waals surface area contributed by atoms with Crippen LogP contribution in [-0.4, -0.2) is 46.6 Å². The largest absolute Gasteiger partial charge is 0.357 e. The maximum absolute atomic E-state index is 4.87. The number of aromatic nitrogens is 2. The highest BCUT2D eigenvalue weighted by Gasteiger charge is 2.17. The number of hydrogen-bond donors (Lipinski definition) is 1. The van der Waals surface area contributed by atoms with E-state index in [1.807, 2.05) is 6.20 Å². The molecule has 5 nitrogen and oxygen atoms in total. The van der Waals surface area contributed by atoms with Crippen molar-refractivity contribution in [2.45, 2.75) is 46.1 Å². The van der Waals surface area contributed by atoms with Gasteiger partial charge in [0.15, 0.2) is 5.96 Å². The molecule has 0 bridgehead atoms. The van der Waals surface area contributed by atoms with Gasteiger partial charge in [-0.2, -0.15) is 0 Å². The van der Waals surface area contributed by atoms with Crippen LogP contribution in [0.3, 0.4) is 0 Å². The molecule has 1 N–H and O–H groups in total. The first-order chi connectivity index (χ1) is 13.8. The second-order valence-electron chi connectivity index (χ2n) is 7.31. The highest BCUT2D eigenvalue weighted by molar-refractivity contribution is 14.0. The molecule has 0 radical (unpaired) electrons. The fourth-order valence-electron chi connectivity index (χ4n) is 3.58. The monoisotopic (exact) mass is 507 g/mol. The first kappa shape index (κ1) is 23.4. The van der Waals surface area contributed by atoms with Gasteiger partial charge >= 0.3 is 0 Å². The molecule has 158 valence electrons. The molecule has 1 aliphatic heterocycles. The Bertz CT molecular complexity index is 772. The number of rotatable bonds is 7. The fraction of sp³-hybridized carbons (Fsp3) is 0.478. The Balaban J connectivity index is 0.00000300. The van der Waals surface area contributed by atoms with E-state index < -0.39 is 0 Å². The Morgan fingerprint density at radius 3 is 2.59 bits per heavy atom. The van der Waals surface area contributed by atoms with Crippen LogP contribution in [0.1, 0.15) is 44.0 Å². The number of nitrogens with one attached hydrogen (secondary N) is 1. The molecule has 1 fully saturated rings. The Labute approximate surface area is 192 Å². The maximum Gasteiger partial charge on any atom is 0.193 e. The summed E-state index contributed by atoms with van der Waals surface area (Å²) in [5.41, 5.74) is 2.84. The number of aliphatic imine (C=N–C) groups is 1. The summed E-state index contributed by atoms with van der Waals surface area (Å²) in [4.78, 5) is 11.6. The van der Waals surface area contributed by atoms with E-state index in [2.05, 4.69) is 76.2 Å². The van der Waals surface area contributed by atoms with Gasteiger partial charge in [-0.15, -0.1) is 24.0 Å². The minimum Gasteiger partial charge on any atom is -0.357 e. The summed E-state index contributed by atoms with van der Waals surface area (Å²) in [5.74, 6) is 2.16. The Hall–Kier alpha value is -1.83. The quantitative estimate of drug-likeness (QED) is 0.255. The van der Waals surface area contributed by atoms with Crippen LogP contribution in [0.5, 0.6) is 0 Å². The van der Waals surface area contributed by atoms with Gasteiger partial charge in [-0.1, -0.05) is 42.0 Å². The van der Waals surface area contributed by atoms with E-state index in [9.17, 15) is 0 Å². The number of aryl methyl sites for hydroxylation is 2.